The number of rotatable bonds is 7. The van der Waals surface area contributed by atoms with E-state index in [0.717, 1.165) is 49.9 Å². The third-order valence-electron chi connectivity index (χ3n) is 4.71. The van der Waals surface area contributed by atoms with Crippen molar-refractivity contribution in [2.75, 3.05) is 14.2 Å². The number of ether oxygens (including phenoxy) is 1. The molecule has 2 aromatic rings. The van der Waals surface area contributed by atoms with Gasteiger partial charge in [0.25, 0.3) is 0 Å². The van der Waals surface area contributed by atoms with E-state index in [1.165, 1.54) is 5.56 Å². The van der Waals surface area contributed by atoms with Crippen LogP contribution in [-0.4, -0.2) is 39.9 Å². The van der Waals surface area contributed by atoms with Crippen molar-refractivity contribution in [1.82, 2.24) is 19.7 Å². The zero-order valence-corrected chi connectivity index (χ0v) is 14.8. The summed E-state index contributed by atoms with van der Waals surface area (Å²) in [5.41, 5.74) is 7.15. The first-order valence-corrected chi connectivity index (χ1v) is 8.59. The molecule has 1 aliphatic carbocycles. The molecule has 130 valence electrons. The molecule has 0 unspecified atom stereocenters. The number of nitrogens with two attached hydrogens (primary N) is 1. The van der Waals surface area contributed by atoms with Crippen LogP contribution in [0.5, 0.6) is 5.75 Å². The van der Waals surface area contributed by atoms with Gasteiger partial charge in [-0.05, 0) is 44.5 Å². The van der Waals surface area contributed by atoms with Gasteiger partial charge in [0.05, 0.1) is 13.7 Å². The summed E-state index contributed by atoms with van der Waals surface area (Å²) in [5, 5.41) is 8.88. The SMILES string of the molecule is CCn1c(CN(C)Cc2cccc(OC)c2)nnc1C1CC(N)C1. The van der Waals surface area contributed by atoms with E-state index in [-0.39, 0.29) is 0 Å². The summed E-state index contributed by atoms with van der Waals surface area (Å²) in [6, 6.07) is 8.50. The molecule has 1 fully saturated rings. The minimum atomic E-state index is 0.330. The molecule has 1 aromatic heterocycles. The van der Waals surface area contributed by atoms with Gasteiger partial charge in [-0.1, -0.05) is 12.1 Å². The maximum Gasteiger partial charge on any atom is 0.147 e. The predicted octanol–water partition coefficient (Wildman–Crippen LogP) is 2.14. The Bertz CT molecular complexity index is 678. The zero-order valence-electron chi connectivity index (χ0n) is 14.8. The van der Waals surface area contributed by atoms with E-state index in [4.69, 9.17) is 10.5 Å². The van der Waals surface area contributed by atoms with Gasteiger partial charge in [0.15, 0.2) is 0 Å². The Morgan fingerprint density at radius 3 is 2.75 bits per heavy atom. The number of hydrogen-bond acceptors (Lipinski definition) is 5. The fraction of sp³-hybridized carbons (Fsp3) is 0.556. The van der Waals surface area contributed by atoms with Crippen LogP contribution in [0, 0.1) is 0 Å². The Balaban J connectivity index is 1.66. The molecule has 0 bridgehead atoms. The van der Waals surface area contributed by atoms with Crippen LogP contribution < -0.4 is 10.5 Å². The smallest absolute Gasteiger partial charge is 0.147 e. The van der Waals surface area contributed by atoms with Crippen LogP contribution in [0.25, 0.3) is 0 Å². The first-order valence-electron chi connectivity index (χ1n) is 8.59. The second-order valence-electron chi connectivity index (χ2n) is 6.67. The summed E-state index contributed by atoms with van der Waals surface area (Å²) in [7, 11) is 3.80. The minimum Gasteiger partial charge on any atom is -0.497 e. The van der Waals surface area contributed by atoms with Gasteiger partial charge in [-0.15, -0.1) is 10.2 Å². The van der Waals surface area contributed by atoms with E-state index in [9.17, 15) is 0 Å². The van der Waals surface area contributed by atoms with Gasteiger partial charge in [-0.25, -0.2) is 0 Å². The second kappa shape index (κ2) is 7.32. The normalized spacial score (nSPS) is 20.2. The number of aromatic nitrogens is 3. The number of benzene rings is 1. The van der Waals surface area contributed by atoms with Crippen LogP contribution >= 0.6 is 0 Å². The Kier molecular flexibility index (Phi) is 5.16. The lowest BCUT2D eigenvalue weighted by Crippen LogP contribution is -2.36. The van der Waals surface area contributed by atoms with Crippen molar-refractivity contribution in [3.05, 3.63) is 41.5 Å². The molecule has 0 saturated heterocycles. The Labute approximate surface area is 143 Å². The summed E-state index contributed by atoms with van der Waals surface area (Å²) < 4.78 is 7.54. The molecule has 24 heavy (non-hydrogen) atoms. The van der Waals surface area contributed by atoms with E-state index < -0.39 is 0 Å². The highest BCUT2D eigenvalue weighted by molar-refractivity contribution is 5.28. The summed E-state index contributed by atoms with van der Waals surface area (Å²) in [6.45, 7) is 4.67. The maximum atomic E-state index is 5.92. The van der Waals surface area contributed by atoms with E-state index in [2.05, 4.69) is 45.8 Å². The van der Waals surface area contributed by atoms with Crippen molar-refractivity contribution < 1.29 is 4.74 Å². The monoisotopic (exact) mass is 329 g/mol. The van der Waals surface area contributed by atoms with Gasteiger partial charge >= 0.3 is 0 Å². The first-order chi connectivity index (χ1) is 11.6. The lowest BCUT2D eigenvalue weighted by molar-refractivity contribution is 0.299. The summed E-state index contributed by atoms with van der Waals surface area (Å²) in [5.74, 6) is 3.49. The molecule has 0 atom stereocenters. The van der Waals surface area contributed by atoms with Gasteiger partial charge in [0.1, 0.15) is 17.4 Å². The van der Waals surface area contributed by atoms with E-state index in [0.29, 0.717) is 12.0 Å². The van der Waals surface area contributed by atoms with Gasteiger partial charge in [0, 0.05) is 25.0 Å². The van der Waals surface area contributed by atoms with Crippen molar-refractivity contribution >= 4 is 0 Å². The van der Waals surface area contributed by atoms with Gasteiger partial charge < -0.3 is 15.0 Å². The summed E-state index contributed by atoms with van der Waals surface area (Å²) in [4.78, 5) is 2.25. The molecule has 0 radical (unpaired) electrons. The average Bonchev–Trinajstić information content (AvgIpc) is 2.93. The molecule has 1 aliphatic rings. The molecule has 3 rings (SSSR count). The van der Waals surface area contributed by atoms with Crippen molar-refractivity contribution in [3.63, 3.8) is 0 Å². The highest BCUT2D eigenvalue weighted by Crippen LogP contribution is 2.34. The molecule has 1 aromatic carbocycles. The summed E-state index contributed by atoms with van der Waals surface area (Å²) in [6.07, 6.45) is 2.05. The topological polar surface area (TPSA) is 69.2 Å². The van der Waals surface area contributed by atoms with Crippen LogP contribution in [-0.2, 0) is 19.6 Å². The Morgan fingerprint density at radius 2 is 2.08 bits per heavy atom. The van der Waals surface area contributed by atoms with Gasteiger partial charge in [0.2, 0.25) is 0 Å². The molecule has 0 amide bonds. The van der Waals surface area contributed by atoms with E-state index in [1.807, 2.05) is 12.1 Å². The molecular formula is C18H27N5O. The number of hydrogen-bond donors (Lipinski definition) is 1. The molecule has 0 spiro atoms. The fourth-order valence-electron chi connectivity index (χ4n) is 3.37. The van der Waals surface area contributed by atoms with Crippen molar-refractivity contribution in [3.8, 4) is 5.75 Å². The van der Waals surface area contributed by atoms with E-state index >= 15 is 0 Å². The Morgan fingerprint density at radius 1 is 1.29 bits per heavy atom. The second-order valence-corrected chi connectivity index (χ2v) is 6.67. The molecule has 2 N–H and O–H groups in total. The zero-order chi connectivity index (χ0) is 17.1. The van der Waals surface area contributed by atoms with Crippen LogP contribution in [0.4, 0.5) is 0 Å². The highest BCUT2D eigenvalue weighted by Gasteiger charge is 2.32. The Hall–Kier alpha value is -1.92. The quantitative estimate of drug-likeness (QED) is 0.843. The minimum absolute atomic E-state index is 0.330. The standard InChI is InChI=1S/C18H27N5O/c1-4-23-17(20-21-18(23)14-9-15(19)10-14)12-22(2)11-13-6-5-7-16(8-13)24-3/h5-8,14-15H,4,9-12,19H2,1-3H3. The predicted molar refractivity (Wildman–Crippen MR) is 93.8 cm³/mol. The van der Waals surface area contributed by atoms with Gasteiger partial charge in [-0.2, -0.15) is 0 Å². The van der Waals surface area contributed by atoms with Gasteiger partial charge in [-0.3, -0.25) is 4.90 Å². The molecule has 6 heteroatoms. The van der Waals surface area contributed by atoms with Crippen LogP contribution in [0.2, 0.25) is 0 Å². The molecule has 1 heterocycles. The van der Waals surface area contributed by atoms with Crippen molar-refractivity contribution in [2.24, 2.45) is 5.73 Å². The van der Waals surface area contributed by atoms with Crippen LogP contribution in [0.15, 0.2) is 24.3 Å². The lowest BCUT2D eigenvalue weighted by Gasteiger charge is -2.31. The third-order valence-corrected chi connectivity index (χ3v) is 4.71. The number of nitrogens with zero attached hydrogens (tertiary/aromatic N) is 4. The van der Waals surface area contributed by atoms with E-state index in [1.54, 1.807) is 7.11 Å². The van der Waals surface area contributed by atoms with Crippen molar-refractivity contribution in [2.45, 2.75) is 51.4 Å². The first kappa shape index (κ1) is 16.9. The third kappa shape index (κ3) is 3.60. The molecule has 6 nitrogen and oxygen atoms in total. The molecule has 0 aliphatic heterocycles. The lowest BCUT2D eigenvalue weighted by atomic mass is 9.80. The van der Waals surface area contributed by atoms with Crippen molar-refractivity contribution in [1.29, 1.82) is 0 Å². The number of methoxy groups -OCH3 is 1. The summed E-state index contributed by atoms with van der Waals surface area (Å²) >= 11 is 0. The fourth-order valence-corrected chi connectivity index (χ4v) is 3.37. The highest BCUT2D eigenvalue weighted by atomic mass is 16.5. The largest absolute Gasteiger partial charge is 0.497 e. The average molecular weight is 329 g/mol. The maximum absolute atomic E-state index is 5.92. The van der Waals surface area contributed by atoms with Crippen LogP contribution in [0.1, 0.15) is 42.9 Å². The molecule has 1 saturated carbocycles. The molecular weight excluding hydrogens is 302 g/mol. The van der Waals surface area contributed by atoms with Crippen LogP contribution in [0.3, 0.4) is 0 Å².